The summed E-state index contributed by atoms with van der Waals surface area (Å²) in [4.78, 5) is 0. The Morgan fingerprint density at radius 2 is 2.25 bits per heavy atom. The molecule has 1 aliphatic carbocycles. The Bertz CT molecular complexity index is 134. The Morgan fingerprint density at radius 3 is 2.38 bits per heavy atom. The van der Waals surface area contributed by atoms with Gasteiger partial charge in [0.15, 0.2) is 0 Å². The van der Waals surface area contributed by atoms with Crippen LogP contribution >= 0.6 is 0 Å². The van der Waals surface area contributed by atoms with E-state index < -0.39 is 11.8 Å². The van der Waals surface area contributed by atoms with Crippen LogP contribution in [0, 0.1) is 17.2 Å². The maximum absolute atomic E-state index is 12.2. The van der Waals surface area contributed by atoms with Crippen molar-refractivity contribution in [3.8, 4) is 6.07 Å². The second kappa shape index (κ2) is 1.43. The molecule has 1 fully saturated rings. The number of rotatable bonds is 1. The number of halogens is 1. The first kappa shape index (κ1) is 5.52. The summed E-state index contributed by atoms with van der Waals surface area (Å²) < 4.78 is 12.2. The summed E-state index contributed by atoms with van der Waals surface area (Å²) in [5.74, 6) is -2.95. The standard InChI is InChI=1S/C5H6FNO/c6-5(8,3-7)4-1-2-4/h4,8H,1-2H2. The Balaban J connectivity index is 2.53. The first-order valence-electron chi connectivity index (χ1n) is 2.49. The first-order valence-corrected chi connectivity index (χ1v) is 2.49. The molecule has 0 amide bonds. The van der Waals surface area contributed by atoms with Crippen LogP contribution in [0.5, 0.6) is 0 Å². The zero-order valence-electron chi connectivity index (χ0n) is 4.26. The van der Waals surface area contributed by atoms with Gasteiger partial charge >= 0.3 is 0 Å². The van der Waals surface area contributed by atoms with Crippen molar-refractivity contribution in [2.24, 2.45) is 5.92 Å². The third-order valence-corrected chi connectivity index (χ3v) is 1.28. The smallest absolute Gasteiger partial charge is 0.297 e. The number of nitriles is 1. The average Bonchev–Trinajstić information content (AvgIpc) is 2.44. The van der Waals surface area contributed by atoms with Gasteiger partial charge in [-0.25, -0.2) is 0 Å². The van der Waals surface area contributed by atoms with Crippen LogP contribution in [0.25, 0.3) is 0 Å². The Labute approximate surface area is 46.5 Å². The van der Waals surface area contributed by atoms with Crippen LogP contribution in [0.15, 0.2) is 0 Å². The molecule has 0 saturated heterocycles. The van der Waals surface area contributed by atoms with Gasteiger partial charge in [-0.2, -0.15) is 9.65 Å². The third kappa shape index (κ3) is 0.797. The van der Waals surface area contributed by atoms with Gasteiger partial charge in [0.2, 0.25) is 0 Å². The van der Waals surface area contributed by atoms with Crippen LogP contribution in [0.4, 0.5) is 4.39 Å². The van der Waals surface area contributed by atoms with E-state index in [1.807, 2.05) is 0 Å². The van der Waals surface area contributed by atoms with E-state index in [1.54, 1.807) is 0 Å². The zero-order valence-corrected chi connectivity index (χ0v) is 4.26. The van der Waals surface area contributed by atoms with Crippen LogP contribution in [0.3, 0.4) is 0 Å². The van der Waals surface area contributed by atoms with E-state index in [2.05, 4.69) is 0 Å². The van der Waals surface area contributed by atoms with E-state index >= 15 is 0 Å². The molecule has 0 aromatic rings. The van der Waals surface area contributed by atoms with Crippen LogP contribution in [-0.2, 0) is 0 Å². The summed E-state index contributed by atoms with van der Waals surface area (Å²) in [6, 6.07) is 1.19. The number of alkyl halides is 1. The predicted octanol–water partition coefficient (Wildman–Crippen LogP) is 0.578. The summed E-state index contributed by atoms with van der Waals surface area (Å²) in [5.41, 5.74) is 0. The maximum atomic E-state index is 12.2. The van der Waals surface area contributed by atoms with Gasteiger partial charge in [0.05, 0.1) is 0 Å². The molecule has 0 spiro atoms. The number of nitrogens with zero attached hydrogens (tertiary/aromatic N) is 1. The van der Waals surface area contributed by atoms with Crippen molar-refractivity contribution < 1.29 is 9.50 Å². The summed E-state index contributed by atoms with van der Waals surface area (Å²) in [7, 11) is 0. The largest absolute Gasteiger partial charge is 0.350 e. The fraction of sp³-hybridized carbons (Fsp3) is 0.800. The van der Waals surface area contributed by atoms with Crippen LogP contribution < -0.4 is 0 Å². The van der Waals surface area contributed by atoms with Gasteiger partial charge in [-0.3, -0.25) is 0 Å². The molecule has 1 N–H and O–H groups in total. The highest BCUT2D eigenvalue weighted by molar-refractivity contribution is 5.01. The number of hydrogen-bond acceptors (Lipinski definition) is 2. The summed E-state index contributed by atoms with van der Waals surface area (Å²) >= 11 is 0. The molecule has 1 unspecified atom stereocenters. The lowest BCUT2D eigenvalue weighted by atomic mass is 10.2. The minimum absolute atomic E-state index is 0.410. The predicted molar refractivity (Wildman–Crippen MR) is 24.4 cm³/mol. The molecular weight excluding hydrogens is 109 g/mol. The van der Waals surface area contributed by atoms with Gasteiger partial charge in [-0.1, -0.05) is 0 Å². The maximum Gasteiger partial charge on any atom is 0.297 e. The van der Waals surface area contributed by atoms with Crippen molar-refractivity contribution in [3.05, 3.63) is 0 Å². The van der Waals surface area contributed by atoms with Gasteiger partial charge < -0.3 is 5.11 Å². The molecule has 0 radical (unpaired) electrons. The highest BCUT2D eigenvalue weighted by atomic mass is 19.2. The molecule has 1 saturated carbocycles. The van der Waals surface area contributed by atoms with E-state index in [-0.39, 0.29) is 0 Å². The fourth-order valence-corrected chi connectivity index (χ4v) is 0.557. The van der Waals surface area contributed by atoms with Crippen molar-refractivity contribution in [3.63, 3.8) is 0 Å². The second-order valence-corrected chi connectivity index (χ2v) is 2.06. The normalized spacial score (nSPS) is 26.1. The van der Waals surface area contributed by atoms with Crippen LogP contribution in [0.2, 0.25) is 0 Å². The molecule has 44 valence electrons. The number of hydrogen-bond donors (Lipinski definition) is 1. The van der Waals surface area contributed by atoms with E-state index in [0.717, 1.165) is 0 Å². The quantitative estimate of drug-likeness (QED) is 0.508. The van der Waals surface area contributed by atoms with Gasteiger partial charge in [0.25, 0.3) is 5.85 Å². The van der Waals surface area contributed by atoms with E-state index in [9.17, 15) is 4.39 Å². The first-order chi connectivity index (χ1) is 3.67. The lowest BCUT2D eigenvalue weighted by Crippen LogP contribution is -2.21. The Morgan fingerprint density at radius 1 is 1.75 bits per heavy atom. The SMILES string of the molecule is N#CC(O)(F)C1CC1. The molecule has 8 heavy (non-hydrogen) atoms. The molecule has 1 atom stereocenters. The molecule has 2 nitrogen and oxygen atoms in total. The van der Waals surface area contributed by atoms with Gasteiger partial charge in [0.1, 0.15) is 6.07 Å². The van der Waals surface area contributed by atoms with Crippen molar-refractivity contribution in [2.45, 2.75) is 18.7 Å². The molecule has 0 aromatic heterocycles. The average molecular weight is 115 g/mol. The van der Waals surface area contributed by atoms with Gasteiger partial charge in [-0.05, 0) is 12.8 Å². The molecule has 1 aliphatic rings. The van der Waals surface area contributed by atoms with Crippen LogP contribution in [-0.4, -0.2) is 11.0 Å². The fourth-order valence-electron chi connectivity index (χ4n) is 0.557. The zero-order chi connectivity index (χ0) is 6.20. The molecule has 0 heterocycles. The third-order valence-electron chi connectivity index (χ3n) is 1.28. The number of aliphatic hydroxyl groups is 1. The second-order valence-electron chi connectivity index (χ2n) is 2.06. The monoisotopic (exact) mass is 115 g/mol. The molecule has 0 bridgehead atoms. The van der Waals surface area contributed by atoms with E-state index in [4.69, 9.17) is 10.4 Å². The Hall–Kier alpha value is -0.620. The van der Waals surface area contributed by atoms with Crippen molar-refractivity contribution in [1.82, 2.24) is 0 Å². The lowest BCUT2D eigenvalue weighted by Gasteiger charge is -2.04. The topological polar surface area (TPSA) is 44.0 Å². The molecule has 0 aliphatic heterocycles. The lowest BCUT2D eigenvalue weighted by molar-refractivity contribution is -0.0529. The van der Waals surface area contributed by atoms with E-state index in [0.29, 0.717) is 12.8 Å². The highest BCUT2D eigenvalue weighted by Crippen LogP contribution is 2.39. The van der Waals surface area contributed by atoms with Crippen molar-refractivity contribution in [2.75, 3.05) is 0 Å². The molecule has 1 rings (SSSR count). The van der Waals surface area contributed by atoms with Gasteiger partial charge in [0, 0.05) is 5.92 Å². The summed E-state index contributed by atoms with van der Waals surface area (Å²) in [6.07, 6.45) is 1.28. The van der Waals surface area contributed by atoms with Crippen molar-refractivity contribution in [1.29, 1.82) is 5.26 Å². The minimum atomic E-state index is -2.54. The summed E-state index contributed by atoms with van der Waals surface area (Å²) in [6.45, 7) is 0. The Kier molecular flexibility index (Phi) is 0.983. The minimum Gasteiger partial charge on any atom is -0.350 e. The van der Waals surface area contributed by atoms with Gasteiger partial charge in [-0.15, -0.1) is 0 Å². The summed E-state index contributed by atoms with van der Waals surface area (Å²) in [5, 5.41) is 16.4. The van der Waals surface area contributed by atoms with E-state index in [1.165, 1.54) is 6.07 Å². The van der Waals surface area contributed by atoms with Crippen molar-refractivity contribution >= 4 is 0 Å². The molecular formula is C5H6FNO. The van der Waals surface area contributed by atoms with Crippen LogP contribution in [0.1, 0.15) is 12.8 Å². The molecule has 3 heteroatoms. The highest BCUT2D eigenvalue weighted by Gasteiger charge is 2.44. The molecule has 0 aromatic carbocycles.